The molecular formula is C18H14N2O2. The van der Waals surface area contributed by atoms with E-state index in [0.717, 1.165) is 22.3 Å². The van der Waals surface area contributed by atoms with E-state index in [1.807, 2.05) is 24.3 Å². The van der Waals surface area contributed by atoms with Crippen LogP contribution in [0.2, 0.25) is 0 Å². The highest BCUT2D eigenvalue weighted by Crippen LogP contribution is 2.51. The van der Waals surface area contributed by atoms with Crippen LogP contribution in [0.3, 0.4) is 0 Å². The summed E-state index contributed by atoms with van der Waals surface area (Å²) in [5, 5.41) is 5.29. The molecule has 1 heterocycles. The van der Waals surface area contributed by atoms with Crippen molar-refractivity contribution in [3.63, 3.8) is 0 Å². The minimum atomic E-state index is -1.06. The van der Waals surface area contributed by atoms with E-state index in [2.05, 4.69) is 28.8 Å². The number of rotatable bonds is 1. The van der Waals surface area contributed by atoms with Crippen LogP contribution >= 0.6 is 0 Å². The number of benzene rings is 2. The number of carbonyl (C=O) groups is 2. The number of nitrogens with one attached hydrogen (secondary N) is 2. The summed E-state index contributed by atoms with van der Waals surface area (Å²) in [6.45, 7) is 0. The van der Waals surface area contributed by atoms with Gasteiger partial charge in [0.1, 0.15) is 0 Å². The van der Waals surface area contributed by atoms with Crippen LogP contribution in [0.25, 0.3) is 11.1 Å². The van der Waals surface area contributed by atoms with Crippen LogP contribution < -0.4 is 10.6 Å². The lowest BCUT2D eigenvalue weighted by Crippen LogP contribution is -2.43. The topological polar surface area (TPSA) is 58.2 Å². The van der Waals surface area contributed by atoms with Gasteiger partial charge in [0.2, 0.25) is 0 Å². The number of carbonyl (C=O) groups excluding carboxylic acids is 2. The standard InChI is InChI=1S/C18H14N2O2/c21-16-18(20-17(22)19-16)14-4-2-1-3-12(14)13-8-7-11(9-15(13)18)10-5-6-10/h1-4,7-10H,5-6H2,(H2,19,20,21,22). The van der Waals surface area contributed by atoms with Gasteiger partial charge in [0.05, 0.1) is 0 Å². The molecular weight excluding hydrogens is 276 g/mol. The molecule has 5 rings (SSSR count). The molecule has 3 aliphatic rings. The first-order valence-electron chi connectivity index (χ1n) is 7.58. The Bertz CT molecular complexity index is 854. The molecule has 108 valence electrons. The molecule has 0 bridgehead atoms. The lowest BCUT2D eigenvalue weighted by atomic mass is 9.86. The predicted molar refractivity (Wildman–Crippen MR) is 81.3 cm³/mol. The van der Waals surface area contributed by atoms with Crippen molar-refractivity contribution >= 4 is 11.9 Å². The molecule has 3 amide bonds. The summed E-state index contributed by atoms with van der Waals surface area (Å²) in [6.07, 6.45) is 2.41. The second-order valence-corrected chi connectivity index (χ2v) is 6.28. The minimum Gasteiger partial charge on any atom is -0.316 e. The van der Waals surface area contributed by atoms with Crippen molar-refractivity contribution in [1.82, 2.24) is 10.6 Å². The zero-order chi connectivity index (χ0) is 14.9. The van der Waals surface area contributed by atoms with Gasteiger partial charge < -0.3 is 5.32 Å². The monoisotopic (exact) mass is 290 g/mol. The Balaban J connectivity index is 1.83. The second kappa shape index (κ2) is 3.77. The van der Waals surface area contributed by atoms with Gasteiger partial charge >= 0.3 is 6.03 Å². The van der Waals surface area contributed by atoms with E-state index in [1.165, 1.54) is 18.4 Å². The number of hydrogen-bond donors (Lipinski definition) is 2. The Labute approximate surface area is 127 Å². The Morgan fingerprint density at radius 1 is 0.955 bits per heavy atom. The van der Waals surface area contributed by atoms with E-state index in [0.29, 0.717) is 5.92 Å². The molecule has 2 aromatic carbocycles. The van der Waals surface area contributed by atoms with Crippen molar-refractivity contribution < 1.29 is 9.59 Å². The van der Waals surface area contributed by atoms with Crippen LogP contribution in [0, 0.1) is 0 Å². The number of imide groups is 1. The normalized spacial score (nSPS) is 24.9. The van der Waals surface area contributed by atoms with Gasteiger partial charge in [-0.3, -0.25) is 10.1 Å². The maximum absolute atomic E-state index is 12.6. The first-order valence-corrected chi connectivity index (χ1v) is 7.58. The van der Waals surface area contributed by atoms with Crippen LogP contribution in [0.15, 0.2) is 42.5 Å². The summed E-state index contributed by atoms with van der Waals surface area (Å²) in [7, 11) is 0. The van der Waals surface area contributed by atoms with Crippen LogP contribution in [-0.4, -0.2) is 11.9 Å². The highest BCUT2D eigenvalue weighted by molar-refractivity contribution is 6.13. The van der Waals surface area contributed by atoms with Crippen molar-refractivity contribution in [3.8, 4) is 11.1 Å². The van der Waals surface area contributed by atoms with Gasteiger partial charge in [0, 0.05) is 0 Å². The molecule has 2 fully saturated rings. The first kappa shape index (κ1) is 12.0. The van der Waals surface area contributed by atoms with E-state index >= 15 is 0 Å². The Kier molecular flexibility index (Phi) is 2.05. The number of urea groups is 1. The van der Waals surface area contributed by atoms with Crippen molar-refractivity contribution in [1.29, 1.82) is 0 Å². The third-order valence-corrected chi connectivity index (χ3v) is 4.99. The molecule has 2 aliphatic carbocycles. The maximum atomic E-state index is 12.6. The van der Waals surface area contributed by atoms with Gasteiger partial charge in [0.15, 0.2) is 5.54 Å². The zero-order valence-corrected chi connectivity index (χ0v) is 11.8. The van der Waals surface area contributed by atoms with Crippen molar-refractivity contribution in [2.75, 3.05) is 0 Å². The molecule has 2 aromatic rings. The van der Waals surface area contributed by atoms with E-state index in [-0.39, 0.29) is 5.91 Å². The van der Waals surface area contributed by atoms with Crippen LogP contribution in [-0.2, 0) is 10.3 Å². The number of fused-ring (bicyclic) bond motifs is 5. The fourth-order valence-electron chi connectivity index (χ4n) is 3.80. The summed E-state index contributed by atoms with van der Waals surface area (Å²) in [4.78, 5) is 24.5. The zero-order valence-electron chi connectivity index (χ0n) is 11.8. The highest BCUT2D eigenvalue weighted by atomic mass is 16.2. The Hall–Kier alpha value is -2.62. The minimum absolute atomic E-state index is 0.281. The quantitative estimate of drug-likeness (QED) is 0.793. The van der Waals surface area contributed by atoms with E-state index < -0.39 is 11.6 Å². The molecule has 22 heavy (non-hydrogen) atoms. The number of hydrogen-bond acceptors (Lipinski definition) is 2. The Morgan fingerprint density at radius 2 is 1.73 bits per heavy atom. The largest absolute Gasteiger partial charge is 0.322 e. The summed E-state index contributed by atoms with van der Waals surface area (Å²) in [6, 6.07) is 13.7. The Morgan fingerprint density at radius 3 is 2.45 bits per heavy atom. The lowest BCUT2D eigenvalue weighted by molar-refractivity contribution is -0.122. The van der Waals surface area contributed by atoms with E-state index in [1.54, 1.807) is 0 Å². The van der Waals surface area contributed by atoms with E-state index in [4.69, 9.17) is 0 Å². The number of amides is 3. The molecule has 1 atom stereocenters. The molecule has 1 aliphatic heterocycles. The summed E-state index contributed by atoms with van der Waals surface area (Å²) in [5.41, 5.74) is 4.03. The third-order valence-electron chi connectivity index (χ3n) is 4.99. The van der Waals surface area contributed by atoms with Crippen LogP contribution in [0.1, 0.15) is 35.4 Å². The predicted octanol–water partition coefficient (Wildman–Crippen LogP) is 2.63. The lowest BCUT2D eigenvalue weighted by Gasteiger charge is -2.23. The SMILES string of the molecule is O=C1NC(=O)C2(N1)c1ccccc1-c1ccc(C3CC3)cc12. The summed E-state index contributed by atoms with van der Waals surface area (Å²) < 4.78 is 0. The van der Waals surface area contributed by atoms with Gasteiger partial charge in [-0.1, -0.05) is 42.5 Å². The molecule has 1 unspecified atom stereocenters. The molecule has 4 nitrogen and oxygen atoms in total. The van der Waals surface area contributed by atoms with Gasteiger partial charge in [-0.15, -0.1) is 0 Å². The van der Waals surface area contributed by atoms with Gasteiger partial charge in [-0.25, -0.2) is 4.79 Å². The van der Waals surface area contributed by atoms with Crippen molar-refractivity contribution in [2.24, 2.45) is 0 Å². The average Bonchev–Trinajstić information content (AvgIpc) is 3.28. The second-order valence-electron chi connectivity index (χ2n) is 6.28. The van der Waals surface area contributed by atoms with Crippen LogP contribution in [0.4, 0.5) is 4.79 Å². The maximum Gasteiger partial charge on any atom is 0.322 e. The molecule has 4 heteroatoms. The fraction of sp³-hybridized carbons (Fsp3) is 0.222. The van der Waals surface area contributed by atoms with Crippen molar-refractivity contribution in [2.45, 2.75) is 24.3 Å². The third kappa shape index (κ3) is 1.32. The molecule has 0 radical (unpaired) electrons. The molecule has 1 saturated carbocycles. The molecule has 1 spiro atoms. The fourth-order valence-corrected chi connectivity index (χ4v) is 3.80. The molecule has 2 N–H and O–H groups in total. The average molecular weight is 290 g/mol. The summed E-state index contributed by atoms with van der Waals surface area (Å²) in [5.74, 6) is 0.322. The van der Waals surface area contributed by atoms with E-state index in [9.17, 15) is 9.59 Å². The van der Waals surface area contributed by atoms with Gasteiger partial charge in [0.25, 0.3) is 5.91 Å². The van der Waals surface area contributed by atoms with Gasteiger partial charge in [-0.05, 0) is 46.6 Å². The highest BCUT2D eigenvalue weighted by Gasteiger charge is 2.54. The smallest absolute Gasteiger partial charge is 0.316 e. The van der Waals surface area contributed by atoms with Crippen LogP contribution in [0.5, 0.6) is 0 Å². The molecule has 0 aromatic heterocycles. The summed E-state index contributed by atoms with van der Waals surface area (Å²) >= 11 is 0. The van der Waals surface area contributed by atoms with Crippen molar-refractivity contribution in [3.05, 3.63) is 59.2 Å². The van der Waals surface area contributed by atoms with Gasteiger partial charge in [-0.2, -0.15) is 0 Å². The molecule has 1 saturated heterocycles. The first-order chi connectivity index (χ1) is 10.7.